The highest BCUT2D eigenvalue weighted by Gasteiger charge is 2.25. The van der Waals surface area contributed by atoms with Gasteiger partial charge in [0.2, 0.25) is 0 Å². The SMILES string of the molecule is CN(Cc1ccnn1C)C1CCc2ccccc21. The van der Waals surface area contributed by atoms with E-state index in [1.807, 2.05) is 17.9 Å². The third-order valence-corrected chi connectivity index (χ3v) is 3.97. The number of rotatable bonds is 3. The van der Waals surface area contributed by atoms with Crippen molar-refractivity contribution >= 4 is 0 Å². The minimum Gasteiger partial charge on any atom is -0.294 e. The second-order valence-electron chi connectivity index (χ2n) is 5.11. The number of aromatic nitrogens is 2. The summed E-state index contributed by atoms with van der Waals surface area (Å²) in [7, 11) is 4.21. The molecule has 3 nitrogen and oxygen atoms in total. The average Bonchev–Trinajstić information content (AvgIpc) is 2.96. The second-order valence-corrected chi connectivity index (χ2v) is 5.11. The minimum absolute atomic E-state index is 0.552. The van der Waals surface area contributed by atoms with Crippen molar-refractivity contribution in [3.8, 4) is 0 Å². The van der Waals surface area contributed by atoms with Crippen LogP contribution in [0.25, 0.3) is 0 Å². The lowest BCUT2D eigenvalue weighted by Gasteiger charge is -2.25. The fraction of sp³-hybridized carbons (Fsp3) is 0.400. The van der Waals surface area contributed by atoms with Gasteiger partial charge >= 0.3 is 0 Å². The fourth-order valence-corrected chi connectivity index (χ4v) is 2.91. The molecule has 1 aliphatic carbocycles. The van der Waals surface area contributed by atoms with E-state index in [4.69, 9.17) is 0 Å². The van der Waals surface area contributed by atoms with Crippen molar-refractivity contribution in [1.82, 2.24) is 14.7 Å². The normalized spacial score (nSPS) is 18.3. The summed E-state index contributed by atoms with van der Waals surface area (Å²) >= 11 is 0. The Bertz CT molecular complexity index is 544. The molecule has 0 radical (unpaired) electrons. The molecule has 18 heavy (non-hydrogen) atoms. The van der Waals surface area contributed by atoms with E-state index >= 15 is 0 Å². The predicted molar refractivity (Wildman–Crippen MR) is 72.2 cm³/mol. The lowest BCUT2D eigenvalue weighted by molar-refractivity contribution is 0.230. The Morgan fingerprint density at radius 3 is 2.94 bits per heavy atom. The standard InChI is InChI=1S/C15H19N3/c1-17(11-13-9-10-16-18(13)2)15-8-7-12-5-3-4-6-14(12)15/h3-6,9-10,15H,7-8,11H2,1-2H3. The Kier molecular flexibility index (Phi) is 2.92. The number of hydrogen-bond donors (Lipinski definition) is 0. The molecule has 1 aromatic carbocycles. The molecule has 1 heterocycles. The molecule has 0 aliphatic heterocycles. The summed E-state index contributed by atoms with van der Waals surface area (Å²) in [5.41, 5.74) is 4.28. The van der Waals surface area contributed by atoms with E-state index in [0.29, 0.717) is 6.04 Å². The molecule has 0 saturated heterocycles. The van der Waals surface area contributed by atoms with Gasteiger partial charge in [-0.15, -0.1) is 0 Å². The Morgan fingerprint density at radius 1 is 1.33 bits per heavy atom. The summed E-state index contributed by atoms with van der Waals surface area (Å²) in [5, 5.41) is 4.23. The zero-order valence-electron chi connectivity index (χ0n) is 11.0. The van der Waals surface area contributed by atoms with E-state index in [9.17, 15) is 0 Å². The predicted octanol–water partition coefficient (Wildman–Crippen LogP) is 2.54. The van der Waals surface area contributed by atoms with E-state index in [1.54, 1.807) is 0 Å². The van der Waals surface area contributed by atoms with Gasteiger partial charge in [0.25, 0.3) is 0 Å². The molecule has 0 fully saturated rings. The van der Waals surface area contributed by atoms with Crippen LogP contribution in [0.1, 0.15) is 29.3 Å². The van der Waals surface area contributed by atoms with E-state index in [-0.39, 0.29) is 0 Å². The monoisotopic (exact) mass is 241 g/mol. The summed E-state index contributed by atoms with van der Waals surface area (Å²) in [5.74, 6) is 0. The Hall–Kier alpha value is -1.61. The topological polar surface area (TPSA) is 21.1 Å². The summed E-state index contributed by atoms with van der Waals surface area (Å²) < 4.78 is 1.96. The smallest absolute Gasteiger partial charge is 0.0521 e. The number of nitrogens with zero attached hydrogens (tertiary/aromatic N) is 3. The van der Waals surface area contributed by atoms with Crippen molar-refractivity contribution in [1.29, 1.82) is 0 Å². The third-order valence-electron chi connectivity index (χ3n) is 3.97. The average molecular weight is 241 g/mol. The first-order chi connectivity index (χ1) is 8.75. The van der Waals surface area contributed by atoms with Crippen LogP contribution >= 0.6 is 0 Å². The molecule has 1 aromatic heterocycles. The zero-order valence-corrected chi connectivity index (χ0v) is 11.0. The van der Waals surface area contributed by atoms with Gasteiger partial charge in [-0.25, -0.2) is 0 Å². The summed E-state index contributed by atoms with van der Waals surface area (Å²) in [4.78, 5) is 2.43. The molecular weight excluding hydrogens is 222 g/mol. The van der Waals surface area contributed by atoms with E-state index < -0.39 is 0 Å². The molecule has 0 bridgehead atoms. The van der Waals surface area contributed by atoms with Crippen molar-refractivity contribution in [2.45, 2.75) is 25.4 Å². The second kappa shape index (κ2) is 4.58. The Labute approximate surface area is 108 Å². The molecule has 0 N–H and O–H groups in total. The van der Waals surface area contributed by atoms with Crippen LogP contribution in [-0.2, 0) is 20.0 Å². The number of hydrogen-bond acceptors (Lipinski definition) is 2. The van der Waals surface area contributed by atoms with Gasteiger partial charge in [0, 0.05) is 25.8 Å². The van der Waals surface area contributed by atoms with Crippen LogP contribution in [0, 0.1) is 0 Å². The molecule has 3 heteroatoms. The van der Waals surface area contributed by atoms with Crippen molar-refractivity contribution < 1.29 is 0 Å². The van der Waals surface area contributed by atoms with Crippen LogP contribution in [0.3, 0.4) is 0 Å². The van der Waals surface area contributed by atoms with Gasteiger partial charge in [0.15, 0.2) is 0 Å². The summed E-state index contributed by atoms with van der Waals surface area (Å²) in [6, 6.07) is 11.5. The van der Waals surface area contributed by atoms with Gasteiger partial charge in [0.05, 0.1) is 5.69 Å². The van der Waals surface area contributed by atoms with Gasteiger partial charge in [-0.1, -0.05) is 24.3 Å². The summed E-state index contributed by atoms with van der Waals surface area (Å²) in [6.45, 7) is 0.954. The van der Waals surface area contributed by atoms with Crippen LogP contribution in [0.4, 0.5) is 0 Å². The minimum atomic E-state index is 0.552. The molecule has 94 valence electrons. The van der Waals surface area contributed by atoms with Crippen LogP contribution in [0.2, 0.25) is 0 Å². The molecule has 1 unspecified atom stereocenters. The highest BCUT2D eigenvalue weighted by Crippen LogP contribution is 2.35. The molecule has 0 saturated carbocycles. The van der Waals surface area contributed by atoms with Crippen molar-refractivity contribution in [2.24, 2.45) is 7.05 Å². The Balaban J connectivity index is 1.79. The van der Waals surface area contributed by atoms with Crippen molar-refractivity contribution in [3.63, 3.8) is 0 Å². The molecule has 1 atom stereocenters. The number of benzene rings is 1. The first-order valence-corrected chi connectivity index (χ1v) is 6.50. The van der Waals surface area contributed by atoms with Gasteiger partial charge in [-0.3, -0.25) is 9.58 Å². The van der Waals surface area contributed by atoms with Gasteiger partial charge in [-0.05, 0) is 37.1 Å². The van der Waals surface area contributed by atoms with E-state index in [2.05, 4.69) is 47.4 Å². The molecule has 3 rings (SSSR count). The van der Waals surface area contributed by atoms with Crippen LogP contribution in [0.15, 0.2) is 36.5 Å². The van der Waals surface area contributed by atoms with Gasteiger partial charge < -0.3 is 0 Å². The van der Waals surface area contributed by atoms with Gasteiger partial charge in [0.1, 0.15) is 0 Å². The van der Waals surface area contributed by atoms with Crippen LogP contribution in [0.5, 0.6) is 0 Å². The number of aryl methyl sites for hydroxylation is 2. The molecule has 2 aromatic rings. The largest absolute Gasteiger partial charge is 0.294 e. The zero-order chi connectivity index (χ0) is 12.5. The quantitative estimate of drug-likeness (QED) is 0.823. The lowest BCUT2D eigenvalue weighted by atomic mass is 10.1. The van der Waals surface area contributed by atoms with Gasteiger partial charge in [-0.2, -0.15) is 5.10 Å². The molecule has 1 aliphatic rings. The highest BCUT2D eigenvalue weighted by atomic mass is 15.3. The maximum absolute atomic E-state index is 4.23. The lowest BCUT2D eigenvalue weighted by Crippen LogP contribution is -2.23. The molecular formula is C15H19N3. The maximum atomic E-state index is 4.23. The highest BCUT2D eigenvalue weighted by molar-refractivity contribution is 5.34. The Morgan fingerprint density at radius 2 is 2.17 bits per heavy atom. The first-order valence-electron chi connectivity index (χ1n) is 6.50. The van der Waals surface area contributed by atoms with E-state index in [0.717, 1.165) is 6.54 Å². The molecule has 0 spiro atoms. The maximum Gasteiger partial charge on any atom is 0.0521 e. The first kappa shape index (κ1) is 11.5. The van der Waals surface area contributed by atoms with Crippen molar-refractivity contribution in [3.05, 3.63) is 53.3 Å². The summed E-state index contributed by atoms with van der Waals surface area (Å²) in [6.07, 6.45) is 4.30. The third kappa shape index (κ3) is 1.95. The van der Waals surface area contributed by atoms with Crippen LogP contribution in [-0.4, -0.2) is 21.7 Å². The van der Waals surface area contributed by atoms with E-state index in [1.165, 1.54) is 29.7 Å². The van der Waals surface area contributed by atoms with Crippen LogP contribution < -0.4 is 0 Å². The van der Waals surface area contributed by atoms with Crippen molar-refractivity contribution in [2.75, 3.05) is 7.05 Å². The molecule has 0 amide bonds. The fourth-order valence-electron chi connectivity index (χ4n) is 2.91. The number of fused-ring (bicyclic) bond motifs is 1.